The molecule has 1 saturated heterocycles. The summed E-state index contributed by atoms with van der Waals surface area (Å²) in [6, 6.07) is 16.7. The predicted octanol–water partition coefficient (Wildman–Crippen LogP) is 3.06. The second-order valence-corrected chi connectivity index (χ2v) is 11.5. The Balaban J connectivity index is 1.27. The van der Waals surface area contributed by atoms with E-state index in [0.29, 0.717) is 11.1 Å². The normalized spacial score (nSPS) is 19.5. The Labute approximate surface area is 249 Å². The van der Waals surface area contributed by atoms with Gasteiger partial charge in [-0.15, -0.1) is 0 Å². The molecule has 44 heavy (non-hydrogen) atoms. The molecule has 6 rings (SSSR count). The molecule has 1 aliphatic rings. The van der Waals surface area contributed by atoms with Gasteiger partial charge in [-0.2, -0.15) is 4.98 Å². The lowest BCUT2D eigenvalue weighted by molar-refractivity contribution is -0.0470. The Morgan fingerprint density at radius 1 is 1.11 bits per heavy atom. The first-order chi connectivity index (χ1) is 21.2. The number of nitrogens with one attached hydrogen (secondary N) is 2. The van der Waals surface area contributed by atoms with E-state index < -0.39 is 50.2 Å². The number of fused-ring (bicyclic) bond motifs is 1. The number of esters is 1. The quantitative estimate of drug-likeness (QED) is 0.162. The monoisotopic (exact) mass is 619 g/mol. The highest BCUT2D eigenvalue weighted by atomic mass is 31.2. The van der Waals surface area contributed by atoms with Crippen molar-refractivity contribution in [1.29, 1.82) is 0 Å². The molecule has 5 aromatic rings. The Kier molecular flexibility index (Phi) is 7.93. The second-order valence-electron chi connectivity index (χ2n) is 9.84. The minimum absolute atomic E-state index is 0.0146. The number of hydrogen-bond donors (Lipinski definition) is 3. The Hall–Kier alpha value is -4.95. The standard InChI is InChI=1S/C28H26N7O8P/c1-17-29-12-13-35(17)44(39,40)41-15-21-20(43-27(38)19-10-6-3-7-11-19)14-22(42-21)34-16-30-23-24(34)31-28(33-26(23)37)32-25(36)18-8-4-2-5-9-18/h2-13,16,20-22H,14-15H2,1H3,(H,39,40)(H2,31,32,33,36,37). The largest absolute Gasteiger partial charge is 0.456 e. The fourth-order valence-electron chi connectivity index (χ4n) is 4.76. The van der Waals surface area contributed by atoms with E-state index in [4.69, 9.17) is 14.0 Å². The van der Waals surface area contributed by atoms with Crippen molar-refractivity contribution in [3.8, 4) is 0 Å². The topological polar surface area (TPSA) is 193 Å². The average Bonchev–Trinajstić information content (AvgIpc) is 3.76. The first-order valence-corrected chi connectivity index (χ1v) is 15.0. The summed E-state index contributed by atoms with van der Waals surface area (Å²) in [7, 11) is -4.36. The van der Waals surface area contributed by atoms with Gasteiger partial charge in [-0.05, 0) is 31.2 Å². The molecule has 16 heteroatoms. The van der Waals surface area contributed by atoms with Gasteiger partial charge in [0.2, 0.25) is 5.95 Å². The molecule has 3 aromatic heterocycles. The molecule has 0 saturated carbocycles. The Morgan fingerprint density at radius 3 is 2.50 bits per heavy atom. The molecule has 226 valence electrons. The van der Waals surface area contributed by atoms with Gasteiger partial charge in [-0.3, -0.25) is 29.0 Å². The van der Waals surface area contributed by atoms with Crippen molar-refractivity contribution < 1.29 is 33.0 Å². The highest BCUT2D eigenvalue weighted by molar-refractivity contribution is 7.51. The van der Waals surface area contributed by atoms with Gasteiger partial charge in [-0.1, -0.05) is 36.4 Å². The van der Waals surface area contributed by atoms with Crippen LogP contribution in [0.15, 0.2) is 84.2 Å². The number of anilines is 1. The van der Waals surface area contributed by atoms with Gasteiger partial charge in [0.25, 0.3) is 11.5 Å². The highest BCUT2D eigenvalue weighted by Crippen LogP contribution is 2.45. The van der Waals surface area contributed by atoms with Crippen LogP contribution in [0, 0.1) is 6.92 Å². The van der Waals surface area contributed by atoms with Crippen molar-refractivity contribution in [2.45, 2.75) is 31.8 Å². The number of aryl methyl sites for hydroxylation is 1. The van der Waals surface area contributed by atoms with Gasteiger partial charge in [0, 0.05) is 24.4 Å². The summed E-state index contributed by atoms with van der Waals surface area (Å²) in [5, 5.41) is 2.57. The number of aromatic amines is 1. The van der Waals surface area contributed by atoms with Crippen LogP contribution in [0.1, 0.15) is 39.2 Å². The molecule has 0 spiro atoms. The van der Waals surface area contributed by atoms with Crippen molar-refractivity contribution in [2.75, 3.05) is 11.9 Å². The van der Waals surface area contributed by atoms with Crippen LogP contribution >= 0.6 is 7.75 Å². The number of ether oxygens (including phenoxy) is 2. The number of H-pyrrole nitrogens is 1. The fourth-order valence-corrected chi connectivity index (χ4v) is 5.87. The second kappa shape index (κ2) is 12.0. The van der Waals surface area contributed by atoms with Gasteiger partial charge in [0.05, 0.1) is 18.5 Å². The lowest BCUT2D eigenvalue weighted by Gasteiger charge is -2.21. The summed E-state index contributed by atoms with van der Waals surface area (Å²) in [6.45, 7) is 1.13. The third kappa shape index (κ3) is 5.94. The third-order valence-electron chi connectivity index (χ3n) is 6.94. The first-order valence-electron chi connectivity index (χ1n) is 13.4. The molecule has 1 fully saturated rings. The van der Waals surface area contributed by atoms with Crippen LogP contribution in [0.2, 0.25) is 0 Å². The number of nitrogens with zero attached hydrogens (tertiary/aromatic N) is 5. The molecule has 4 heterocycles. The molecule has 1 aliphatic heterocycles. The smallest absolute Gasteiger partial charge is 0.437 e. The molecule has 15 nitrogen and oxygen atoms in total. The molecule has 2 aromatic carbocycles. The van der Waals surface area contributed by atoms with Gasteiger partial charge in [-0.25, -0.2) is 23.7 Å². The summed E-state index contributed by atoms with van der Waals surface area (Å²) in [4.78, 5) is 64.0. The van der Waals surface area contributed by atoms with E-state index in [1.54, 1.807) is 67.6 Å². The first kappa shape index (κ1) is 29.1. The van der Waals surface area contributed by atoms with E-state index >= 15 is 0 Å². The number of amides is 1. The lowest BCUT2D eigenvalue weighted by Crippen LogP contribution is -2.31. The number of benzene rings is 2. The van der Waals surface area contributed by atoms with Crippen LogP contribution < -0.4 is 10.9 Å². The number of carbonyl (C=O) groups is 2. The molecule has 0 bridgehead atoms. The number of imidazole rings is 2. The third-order valence-corrected chi connectivity index (χ3v) is 8.39. The van der Waals surface area contributed by atoms with E-state index in [0.717, 1.165) is 4.34 Å². The van der Waals surface area contributed by atoms with Crippen LogP contribution in [-0.4, -0.2) is 64.4 Å². The SMILES string of the molecule is Cc1nccn1P(=O)(O)OCC1OC(n2cnc3c(=O)[nH]c(NC(=O)c4ccccc4)nc32)CC1OC(=O)c1ccccc1. The van der Waals surface area contributed by atoms with Crippen molar-refractivity contribution in [1.82, 2.24) is 28.8 Å². The maximum Gasteiger partial charge on any atom is 0.437 e. The zero-order valence-corrected chi connectivity index (χ0v) is 24.0. The number of hydrogen-bond acceptors (Lipinski definition) is 10. The molecule has 0 radical (unpaired) electrons. The zero-order valence-electron chi connectivity index (χ0n) is 23.1. The van der Waals surface area contributed by atoms with Gasteiger partial charge >= 0.3 is 13.7 Å². The maximum atomic E-state index is 13.0. The van der Waals surface area contributed by atoms with Crippen molar-refractivity contribution in [3.05, 3.63) is 107 Å². The maximum absolute atomic E-state index is 13.0. The van der Waals surface area contributed by atoms with Crippen molar-refractivity contribution >= 4 is 36.7 Å². The summed E-state index contributed by atoms with van der Waals surface area (Å²) in [6.07, 6.45) is 1.30. The zero-order chi connectivity index (χ0) is 30.8. The van der Waals surface area contributed by atoms with Crippen LogP contribution in [0.5, 0.6) is 0 Å². The summed E-state index contributed by atoms with van der Waals surface area (Å²) >= 11 is 0. The number of rotatable bonds is 9. The number of aromatic nitrogens is 6. The van der Waals surface area contributed by atoms with Crippen molar-refractivity contribution in [3.63, 3.8) is 0 Å². The minimum Gasteiger partial charge on any atom is -0.456 e. The van der Waals surface area contributed by atoms with E-state index in [2.05, 4.69) is 25.3 Å². The molecule has 0 aliphatic carbocycles. The van der Waals surface area contributed by atoms with Gasteiger partial charge in [0.1, 0.15) is 24.3 Å². The van der Waals surface area contributed by atoms with Crippen LogP contribution in [-0.2, 0) is 18.6 Å². The molecule has 3 N–H and O–H groups in total. The van der Waals surface area contributed by atoms with E-state index in [1.807, 2.05) is 0 Å². The van der Waals surface area contributed by atoms with E-state index in [9.17, 15) is 23.8 Å². The minimum atomic E-state index is -4.36. The van der Waals surface area contributed by atoms with Crippen LogP contribution in [0.3, 0.4) is 0 Å². The Morgan fingerprint density at radius 2 is 1.82 bits per heavy atom. The van der Waals surface area contributed by atoms with Crippen LogP contribution in [0.4, 0.5) is 5.95 Å². The Bertz CT molecular complexity index is 1920. The summed E-state index contributed by atoms with van der Waals surface area (Å²) in [5.41, 5.74) is 0.148. The lowest BCUT2D eigenvalue weighted by atomic mass is 10.1. The molecule has 1 amide bonds. The molecule has 4 atom stereocenters. The van der Waals surface area contributed by atoms with Crippen molar-refractivity contribution in [2.24, 2.45) is 0 Å². The van der Waals surface area contributed by atoms with E-state index in [1.165, 1.54) is 23.3 Å². The molecular weight excluding hydrogens is 593 g/mol. The molecular formula is C28H26N7O8P. The summed E-state index contributed by atoms with van der Waals surface area (Å²) < 4.78 is 32.8. The van der Waals surface area contributed by atoms with E-state index in [-0.39, 0.29) is 29.4 Å². The number of carbonyl (C=O) groups excluding carboxylic acids is 2. The summed E-state index contributed by atoms with van der Waals surface area (Å²) in [5.74, 6) is -0.953. The fraction of sp³-hybridized carbons (Fsp3) is 0.214. The molecule has 4 unspecified atom stereocenters. The highest BCUT2D eigenvalue weighted by Gasteiger charge is 2.41. The van der Waals surface area contributed by atoms with Crippen LogP contribution in [0.25, 0.3) is 11.2 Å². The van der Waals surface area contributed by atoms with Gasteiger partial charge in [0.15, 0.2) is 11.2 Å². The predicted molar refractivity (Wildman–Crippen MR) is 155 cm³/mol. The average molecular weight is 620 g/mol. The van der Waals surface area contributed by atoms with Gasteiger partial charge < -0.3 is 14.4 Å².